The van der Waals surface area contributed by atoms with E-state index in [-0.39, 0.29) is 12.0 Å². The maximum Gasteiger partial charge on any atom is 0.251 e. The van der Waals surface area contributed by atoms with Crippen LogP contribution in [0.5, 0.6) is 5.75 Å². The van der Waals surface area contributed by atoms with Crippen LogP contribution >= 0.6 is 0 Å². The van der Waals surface area contributed by atoms with Gasteiger partial charge < -0.3 is 4.74 Å². The molecule has 1 aromatic heterocycles. The molecular weight excluding hydrogens is 351 g/mol. The van der Waals surface area contributed by atoms with Crippen LogP contribution in [-0.2, 0) is 12.8 Å². The van der Waals surface area contributed by atoms with E-state index in [9.17, 15) is 13.2 Å². The van der Waals surface area contributed by atoms with Crippen LogP contribution in [0.4, 0.5) is 13.2 Å². The molecule has 0 N–H and O–H groups in total. The van der Waals surface area contributed by atoms with Gasteiger partial charge in [-0.15, -0.1) is 0 Å². The lowest BCUT2D eigenvalue weighted by atomic mass is 10.0. The van der Waals surface area contributed by atoms with Gasteiger partial charge in [-0.2, -0.15) is 13.8 Å². The second-order valence-corrected chi connectivity index (χ2v) is 6.28. The standard InChI is InChI=1S/C22H20F3NO/c1-2-13-27-19-11-9-17(10-12-19)16-6-3-15(4-7-16)5-8-18-14-20(23)22(25)26-21(18)24/h3-4,6-7,9-12,14H,2,5,8,13H2,1H3. The second kappa shape index (κ2) is 8.71. The maximum atomic E-state index is 13.6. The fraction of sp³-hybridized carbons (Fsp3) is 0.227. The molecule has 0 aliphatic heterocycles. The van der Waals surface area contributed by atoms with Gasteiger partial charge in [0.15, 0.2) is 5.82 Å². The summed E-state index contributed by atoms with van der Waals surface area (Å²) in [6, 6.07) is 16.6. The second-order valence-electron chi connectivity index (χ2n) is 6.28. The van der Waals surface area contributed by atoms with Crippen LogP contribution in [0.1, 0.15) is 24.5 Å². The Bertz CT molecular complexity index is 893. The molecule has 0 aliphatic rings. The van der Waals surface area contributed by atoms with Gasteiger partial charge in [-0.05, 0) is 54.2 Å². The zero-order valence-electron chi connectivity index (χ0n) is 15.0. The summed E-state index contributed by atoms with van der Waals surface area (Å²) in [5, 5.41) is 0. The lowest BCUT2D eigenvalue weighted by molar-refractivity contribution is 0.317. The normalized spacial score (nSPS) is 10.8. The molecule has 0 unspecified atom stereocenters. The van der Waals surface area contributed by atoms with Crippen LogP contribution in [0.2, 0.25) is 0 Å². The van der Waals surface area contributed by atoms with Gasteiger partial charge in [0, 0.05) is 5.56 Å². The Morgan fingerprint density at radius 2 is 1.44 bits per heavy atom. The first-order valence-corrected chi connectivity index (χ1v) is 8.89. The lowest BCUT2D eigenvalue weighted by Crippen LogP contribution is -2.02. The van der Waals surface area contributed by atoms with Crippen molar-refractivity contribution < 1.29 is 17.9 Å². The Hall–Kier alpha value is -2.82. The molecule has 0 spiro atoms. The monoisotopic (exact) mass is 371 g/mol. The zero-order chi connectivity index (χ0) is 19.2. The molecule has 0 amide bonds. The minimum absolute atomic E-state index is 0.0700. The molecule has 0 saturated heterocycles. The molecule has 2 aromatic carbocycles. The van der Waals surface area contributed by atoms with Gasteiger partial charge in [-0.1, -0.05) is 43.3 Å². The van der Waals surface area contributed by atoms with Crippen LogP contribution in [0.3, 0.4) is 0 Å². The number of pyridine rings is 1. The summed E-state index contributed by atoms with van der Waals surface area (Å²) in [4.78, 5) is 2.95. The van der Waals surface area contributed by atoms with Crippen LogP contribution in [0.25, 0.3) is 11.1 Å². The van der Waals surface area contributed by atoms with Gasteiger partial charge in [0.2, 0.25) is 5.95 Å². The van der Waals surface area contributed by atoms with Crippen molar-refractivity contribution in [1.82, 2.24) is 4.98 Å². The zero-order valence-corrected chi connectivity index (χ0v) is 15.0. The first-order chi connectivity index (χ1) is 13.1. The summed E-state index contributed by atoms with van der Waals surface area (Å²) in [6.07, 6.45) is 1.72. The van der Waals surface area contributed by atoms with E-state index < -0.39 is 17.7 Å². The van der Waals surface area contributed by atoms with Crippen molar-refractivity contribution in [3.8, 4) is 16.9 Å². The van der Waals surface area contributed by atoms with Crippen molar-refractivity contribution in [2.45, 2.75) is 26.2 Å². The van der Waals surface area contributed by atoms with Gasteiger partial charge in [0.25, 0.3) is 5.95 Å². The van der Waals surface area contributed by atoms with Gasteiger partial charge in [-0.25, -0.2) is 4.39 Å². The Kier molecular flexibility index (Phi) is 6.12. The maximum absolute atomic E-state index is 13.6. The third kappa shape index (κ3) is 4.88. The van der Waals surface area contributed by atoms with E-state index in [1.807, 2.05) is 48.5 Å². The highest BCUT2D eigenvalue weighted by Gasteiger charge is 2.11. The topological polar surface area (TPSA) is 22.1 Å². The van der Waals surface area contributed by atoms with E-state index in [0.29, 0.717) is 13.0 Å². The lowest BCUT2D eigenvalue weighted by Gasteiger charge is -2.08. The fourth-order valence-electron chi connectivity index (χ4n) is 2.77. The van der Waals surface area contributed by atoms with E-state index in [0.717, 1.165) is 34.9 Å². The molecule has 140 valence electrons. The highest BCUT2D eigenvalue weighted by atomic mass is 19.2. The van der Waals surface area contributed by atoms with Crippen LogP contribution in [-0.4, -0.2) is 11.6 Å². The van der Waals surface area contributed by atoms with Crippen LogP contribution in [0, 0.1) is 17.7 Å². The number of hydrogen-bond donors (Lipinski definition) is 0. The van der Waals surface area contributed by atoms with E-state index in [4.69, 9.17) is 4.74 Å². The van der Waals surface area contributed by atoms with Gasteiger partial charge in [0.05, 0.1) is 6.61 Å². The van der Waals surface area contributed by atoms with Crippen LogP contribution in [0.15, 0.2) is 54.6 Å². The van der Waals surface area contributed by atoms with Crippen molar-refractivity contribution in [1.29, 1.82) is 0 Å². The first-order valence-electron chi connectivity index (χ1n) is 8.89. The number of benzene rings is 2. The molecule has 0 bridgehead atoms. The first kappa shape index (κ1) is 19.0. The van der Waals surface area contributed by atoms with Crippen molar-refractivity contribution in [2.75, 3.05) is 6.61 Å². The quantitative estimate of drug-likeness (QED) is 0.494. The molecule has 0 atom stereocenters. The van der Waals surface area contributed by atoms with Gasteiger partial charge in [-0.3, -0.25) is 0 Å². The highest BCUT2D eigenvalue weighted by molar-refractivity contribution is 5.64. The predicted octanol–water partition coefficient (Wildman–Crippen LogP) is 5.74. The van der Waals surface area contributed by atoms with Crippen molar-refractivity contribution >= 4 is 0 Å². The smallest absolute Gasteiger partial charge is 0.251 e. The molecule has 27 heavy (non-hydrogen) atoms. The SMILES string of the molecule is CCCOc1ccc(-c2ccc(CCc3cc(F)c(F)nc3F)cc2)cc1. The summed E-state index contributed by atoms with van der Waals surface area (Å²) >= 11 is 0. The van der Waals surface area contributed by atoms with E-state index in [2.05, 4.69) is 11.9 Å². The number of aromatic nitrogens is 1. The Morgan fingerprint density at radius 1 is 0.815 bits per heavy atom. The largest absolute Gasteiger partial charge is 0.494 e. The number of ether oxygens (including phenoxy) is 1. The minimum atomic E-state index is -1.41. The average Bonchev–Trinajstić information content (AvgIpc) is 2.69. The predicted molar refractivity (Wildman–Crippen MR) is 99.2 cm³/mol. The summed E-state index contributed by atoms with van der Waals surface area (Å²) in [6.45, 7) is 2.76. The summed E-state index contributed by atoms with van der Waals surface area (Å²) in [5.41, 5.74) is 3.18. The average molecular weight is 371 g/mol. The van der Waals surface area contributed by atoms with E-state index in [1.54, 1.807) is 0 Å². The Balaban J connectivity index is 1.64. The summed E-state index contributed by atoms with van der Waals surface area (Å²) in [7, 11) is 0. The molecule has 0 fully saturated rings. The van der Waals surface area contributed by atoms with E-state index >= 15 is 0 Å². The number of halogens is 3. The molecule has 0 radical (unpaired) electrons. The number of nitrogens with zero attached hydrogens (tertiary/aromatic N) is 1. The summed E-state index contributed by atoms with van der Waals surface area (Å²) in [5.74, 6) is -2.66. The third-order valence-electron chi connectivity index (χ3n) is 4.26. The molecule has 5 heteroatoms. The van der Waals surface area contributed by atoms with E-state index in [1.165, 1.54) is 0 Å². The molecule has 1 heterocycles. The Morgan fingerprint density at radius 3 is 2.07 bits per heavy atom. The van der Waals surface area contributed by atoms with Crippen molar-refractivity contribution in [3.63, 3.8) is 0 Å². The number of aryl methyl sites for hydroxylation is 2. The Labute approximate surface area is 156 Å². The molecule has 0 aliphatic carbocycles. The van der Waals surface area contributed by atoms with Gasteiger partial charge >= 0.3 is 0 Å². The third-order valence-corrected chi connectivity index (χ3v) is 4.26. The minimum Gasteiger partial charge on any atom is -0.494 e. The fourth-order valence-corrected chi connectivity index (χ4v) is 2.77. The van der Waals surface area contributed by atoms with Crippen molar-refractivity contribution in [3.05, 3.63) is 83.4 Å². The van der Waals surface area contributed by atoms with Crippen LogP contribution < -0.4 is 4.74 Å². The van der Waals surface area contributed by atoms with Crippen molar-refractivity contribution in [2.24, 2.45) is 0 Å². The highest BCUT2D eigenvalue weighted by Crippen LogP contribution is 2.23. The van der Waals surface area contributed by atoms with Gasteiger partial charge in [0.1, 0.15) is 5.75 Å². The number of hydrogen-bond acceptors (Lipinski definition) is 2. The summed E-state index contributed by atoms with van der Waals surface area (Å²) < 4.78 is 45.3. The molecule has 0 saturated carbocycles. The molecule has 3 rings (SSSR count). The molecule has 3 aromatic rings. The number of rotatable bonds is 7. The molecule has 2 nitrogen and oxygen atoms in total. The molecular formula is C22H20F3NO.